The predicted molar refractivity (Wildman–Crippen MR) is 119 cm³/mol. The third-order valence-corrected chi connectivity index (χ3v) is 6.16. The Morgan fingerprint density at radius 2 is 2.03 bits per heavy atom. The van der Waals surface area contributed by atoms with Gasteiger partial charge >= 0.3 is 0 Å². The number of rotatable bonds is 4. The normalized spacial score (nSPS) is 22.6. The molecule has 1 atom stereocenters. The molecule has 0 saturated carbocycles. The number of carbonyl (C=O) groups is 2. The lowest BCUT2D eigenvalue weighted by molar-refractivity contribution is -0.128. The molecule has 2 aliphatic heterocycles. The molecule has 29 heavy (non-hydrogen) atoms. The zero-order chi connectivity index (χ0) is 21.5. The molecule has 0 aliphatic carbocycles. The molecule has 1 fully saturated rings. The van der Waals surface area contributed by atoms with Crippen LogP contribution in [-0.4, -0.2) is 48.1 Å². The molecule has 0 bridgehead atoms. The summed E-state index contributed by atoms with van der Waals surface area (Å²) in [4.78, 5) is 28.7. The summed E-state index contributed by atoms with van der Waals surface area (Å²) in [7, 11) is 3.16. The first-order valence-corrected chi connectivity index (χ1v) is 10.4. The fourth-order valence-corrected chi connectivity index (χ4v) is 4.54. The Bertz CT molecular complexity index is 907. The second-order valence-electron chi connectivity index (χ2n) is 8.40. The van der Waals surface area contributed by atoms with Crippen LogP contribution in [0.25, 0.3) is 6.08 Å². The Morgan fingerprint density at radius 1 is 1.34 bits per heavy atom. The lowest BCUT2D eigenvalue weighted by Gasteiger charge is -2.48. The lowest BCUT2D eigenvalue weighted by Crippen LogP contribution is -2.52. The maximum absolute atomic E-state index is 12.6. The van der Waals surface area contributed by atoms with Crippen LogP contribution in [0.5, 0.6) is 5.75 Å². The maximum Gasteiger partial charge on any atom is 0.265 e. The molecular formula is C22H29N3O3S. The average Bonchev–Trinajstić information content (AvgIpc) is 2.66. The third kappa shape index (κ3) is 3.75. The zero-order valence-electron chi connectivity index (χ0n) is 18.0. The second kappa shape index (κ2) is 7.78. The van der Waals surface area contributed by atoms with Crippen molar-refractivity contribution < 1.29 is 14.3 Å². The van der Waals surface area contributed by atoms with Crippen molar-refractivity contribution in [3.8, 4) is 5.75 Å². The Kier molecular flexibility index (Phi) is 5.72. The summed E-state index contributed by atoms with van der Waals surface area (Å²) in [5.74, 6) is 0.0842. The molecule has 1 aromatic rings. The van der Waals surface area contributed by atoms with Crippen LogP contribution in [-0.2, 0) is 9.59 Å². The van der Waals surface area contributed by atoms with Crippen LogP contribution in [0, 0.1) is 0 Å². The van der Waals surface area contributed by atoms with Gasteiger partial charge in [0, 0.05) is 36.4 Å². The van der Waals surface area contributed by atoms with Crippen LogP contribution in [0.15, 0.2) is 17.7 Å². The summed E-state index contributed by atoms with van der Waals surface area (Å²) < 4.78 is 5.65. The van der Waals surface area contributed by atoms with Gasteiger partial charge < -0.3 is 9.64 Å². The minimum Gasteiger partial charge on any atom is -0.496 e. The van der Waals surface area contributed by atoms with Gasteiger partial charge in [-0.25, -0.2) is 0 Å². The van der Waals surface area contributed by atoms with E-state index in [1.165, 1.54) is 10.5 Å². The highest BCUT2D eigenvalue weighted by Gasteiger charge is 2.37. The van der Waals surface area contributed by atoms with Gasteiger partial charge in [-0.05, 0) is 62.5 Å². The van der Waals surface area contributed by atoms with Crippen molar-refractivity contribution in [1.29, 1.82) is 0 Å². The molecule has 0 aromatic heterocycles. The van der Waals surface area contributed by atoms with Gasteiger partial charge in [0.15, 0.2) is 5.11 Å². The van der Waals surface area contributed by atoms with E-state index in [1.807, 2.05) is 6.07 Å². The van der Waals surface area contributed by atoms with Gasteiger partial charge in [0.1, 0.15) is 11.3 Å². The van der Waals surface area contributed by atoms with Crippen molar-refractivity contribution in [2.75, 3.05) is 25.6 Å². The highest BCUT2D eigenvalue weighted by atomic mass is 32.1. The minimum atomic E-state index is -0.486. The fraction of sp³-hybridized carbons (Fsp3) is 0.500. The molecular weight excluding hydrogens is 386 g/mol. The Morgan fingerprint density at radius 3 is 2.66 bits per heavy atom. The molecule has 2 amide bonds. The topological polar surface area (TPSA) is 61.9 Å². The van der Waals surface area contributed by atoms with Crippen LogP contribution >= 0.6 is 12.2 Å². The number of ether oxygens (including phenoxy) is 1. The predicted octanol–water partition coefficient (Wildman–Crippen LogP) is 3.45. The van der Waals surface area contributed by atoms with Gasteiger partial charge in [-0.3, -0.25) is 19.8 Å². The smallest absolute Gasteiger partial charge is 0.265 e. The van der Waals surface area contributed by atoms with Crippen molar-refractivity contribution in [2.45, 2.75) is 52.0 Å². The van der Waals surface area contributed by atoms with Gasteiger partial charge in [-0.15, -0.1) is 0 Å². The minimum absolute atomic E-state index is 0.0467. The lowest BCUT2D eigenvalue weighted by atomic mass is 9.79. The van der Waals surface area contributed by atoms with Crippen LogP contribution < -0.4 is 15.0 Å². The van der Waals surface area contributed by atoms with Crippen LogP contribution in [0.3, 0.4) is 0 Å². The first kappa shape index (κ1) is 21.3. The summed E-state index contributed by atoms with van der Waals surface area (Å²) in [6, 6.07) is 4.09. The first-order chi connectivity index (χ1) is 13.6. The summed E-state index contributed by atoms with van der Waals surface area (Å²) in [5.41, 5.74) is 3.18. The molecule has 1 saturated heterocycles. The third-order valence-electron chi connectivity index (χ3n) is 5.79. The molecule has 2 aliphatic rings. The van der Waals surface area contributed by atoms with Crippen LogP contribution in [0.4, 0.5) is 5.69 Å². The van der Waals surface area contributed by atoms with E-state index in [4.69, 9.17) is 17.0 Å². The van der Waals surface area contributed by atoms with Crippen LogP contribution in [0.2, 0.25) is 0 Å². The molecule has 0 spiro atoms. The maximum atomic E-state index is 12.6. The van der Waals surface area contributed by atoms with Crippen molar-refractivity contribution in [3.05, 3.63) is 28.8 Å². The Hall–Kier alpha value is -2.41. The second-order valence-corrected chi connectivity index (χ2v) is 8.79. The van der Waals surface area contributed by atoms with Crippen LogP contribution in [0.1, 0.15) is 57.6 Å². The largest absolute Gasteiger partial charge is 0.496 e. The number of likely N-dealkylation sites (N-methyl/N-ethyl adjacent to an activating group) is 1. The number of hydrogen-bond donors (Lipinski definition) is 1. The number of hydrogen-bond acceptors (Lipinski definition) is 5. The number of carbonyl (C=O) groups excluding carboxylic acids is 2. The van der Waals surface area contributed by atoms with Gasteiger partial charge in [-0.1, -0.05) is 13.8 Å². The van der Waals surface area contributed by atoms with Gasteiger partial charge in [0.05, 0.1) is 7.11 Å². The number of fused-ring (bicyclic) bond motifs is 1. The number of nitrogens with one attached hydrogen (secondary N) is 1. The molecule has 3 rings (SSSR count). The number of nitrogens with zero attached hydrogens (tertiary/aromatic N) is 2. The number of anilines is 1. The SMILES string of the molecule is CCCN1c2cc(OC)c(/C=C3/C(=O)NC(=S)N(C)C3=O)cc2C(C)CC1(C)C. The first-order valence-electron chi connectivity index (χ1n) is 9.95. The van der Waals surface area contributed by atoms with Crippen molar-refractivity contribution in [1.82, 2.24) is 10.2 Å². The van der Waals surface area contributed by atoms with E-state index in [-0.39, 0.29) is 16.2 Å². The molecule has 1 N–H and O–H groups in total. The van der Waals surface area contributed by atoms with Crippen molar-refractivity contribution in [3.63, 3.8) is 0 Å². The average molecular weight is 416 g/mol. The van der Waals surface area contributed by atoms with E-state index in [9.17, 15) is 9.59 Å². The van der Waals surface area contributed by atoms with Crippen molar-refractivity contribution >= 4 is 40.9 Å². The molecule has 156 valence electrons. The molecule has 2 heterocycles. The highest BCUT2D eigenvalue weighted by molar-refractivity contribution is 7.80. The summed E-state index contributed by atoms with van der Waals surface area (Å²) in [6.45, 7) is 9.90. The number of thiocarbonyl (C=S) groups is 1. The van der Waals surface area contributed by atoms with E-state index in [2.05, 4.69) is 44.0 Å². The molecule has 1 aromatic carbocycles. The molecule has 0 radical (unpaired) electrons. The van der Waals surface area contributed by atoms with Gasteiger partial charge in [0.25, 0.3) is 11.8 Å². The van der Waals surface area contributed by atoms with E-state index in [1.54, 1.807) is 20.2 Å². The Labute approximate surface area is 177 Å². The fourth-order valence-electron chi connectivity index (χ4n) is 4.36. The quantitative estimate of drug-likeness (QED) is 0.464. The molecule has 6 nitrogen and oxygen atoms in total. The zero-order valence-corrected chi connectivity index (χ0v) is 18.8. The van der Waals surface area contributed by atoms with E-state index >= 15 is 0 Å². The van der Waals surface area contributed by atoms with E-state index in [0.29, 0.717) is 17.2 Å². The standard InChI is InChI=1S/C22H29N3O3S/c1-7-8-25-17-11-18(28-6)14(9-15(17)13(2)12-22(25,3)4)10-16-19(26)23-21(29)24(5)20(16)27/h9-11,13H,7-8,12H2,1-6H3,(H,23,26,29)/b16-10-. The van der Waals surface area contributed by atoms with E-state index < -0.39 is 11.8 Å². The van der Waals surface area contributed by atoms with Crippen molar-refractivity contribution in [2.24, 2.45) is 0 Å². The van der Waals surface area contributed by atoms with Gasteiger partial charge in [0.2, 0.25) is 0 Å². The monoisotopic (exact) mass is 415 g/mol. The number of methoxy groups -OCH3 is 1. The molecule has 7 heteroatoms. The highest BCUT2D eigenvalue weighted by Crippen LogP contribution is 2.46. The number of amides is 2. The Balaban J connectivity index is 2.13. The van der Waals surface area contributed by atoms with E-state index in [0.717, 1.165) is 25.1 Å². The summed E-state index contributed by atoms with van der Waals surface area (Å²) >= 11 is 5.02. The van der Waals surface area contributed by atoms with Gasteiger partial charge in [-0.2, -0.15) is 0 Å². The molecule has 1 unspecified atom stereocenters. The number of benzene rings is 1. The summed E-state index contributed by atoms with van der Waals surface area (Å²) in [5, 5.41) is 2.66. The summed E-state index contributed by atoms with van der Waals surface area (Å²) in [6.07, 6.45) is 3.68.